The lowest BCUT2D eigenvalue weighted by Gasteiger charge is -2.32. The molecule has 1 unspecified atom stereocenters. The fraction of sp³-hybridized carbons (Fsp3) is 0.550. The molecule has 1 aliphatic carbocycles. The van der Waals surface area contributed by atoms with Gasteiger partial charge in [0, 0.05) is 32.7 Å². The summed E-state index contributed by atoms with van der Waals surface area (Å²) in [4.78, 5) is 17.5. The molecular weight excluding hydrogens is 336 g/mol. The average Bonchev–Trinajstić information content (AvgIpc) is 2.66. The maximum absolute atomic E-state index is 13.1. The number of benzene rings is 1. The zero-order valence-corrected chi connectivity index (χ0v) is 15.5. The predicted octanol–water partition coefficient (Wildman–Crippen LogP) is 3.47. The normalized spacial score (nSPS) is 21.2. The highest BCUT2D eigenvalue weighted by molar-refractivity contribution is 6.33. The molecule has 25 heavy (non-hydrogen) atoms. The van der Waals surface area contributed by atoms with Crippen molar-refractivity contribution in [1.29, 1.82) is 0 Å². The van der Waals surface area contributed by atoms with Crippen molar-refractivity contribution in [1.82, 2.24) is 9.80 Å². The Morgan fingerprint density at radius 2 is 2.04 bits per heavy atom. The number of halogens is 1. The minimum Gasteiger partial charge on any atom is -0.379 e. The van der Waals surface area contributed by atoms with Gasteiger partial charge in [-0.15, -0.1) is 0 Å². The van der Waals surface area contributed by atoms with E-state index in [2.05, 4.69) is 17.1 Å². The molecule has 1 atom stereocenters. The number of ether oxygens (including phenoxy) is 1. The Morgan fingerprint density at radius 1 is 1.24 bits per heavy atom. The van der Waals surface area contributed by atoms with Crippen LogP contribution in [0.15, 0.2) is 36.4 Å². The lowest BCUT2D eigenvalue weighted by Crippen LogP contribution is -2.44. The van der Waals surface area contributed by atoms with E-state index in [1.54, 1.807) is 6.07 Å². The Balaban J connectivity index is 1.67. The molecule has 0 N–H and O–H groups in total. The van der Waals surface area contributed by atoms with Crippen molar-refractivity contribution in [3.8, 4) is 0 Å². The molecule has 1 aromatic carbocycles. The first-order valence-electron chi connectivity index (χ1n) is 9.23. The van der Waals surface area contributed by atoms with Crippen LogP contribution in [0.1, 0.15) is 29.6 Å². The summed E-state index contributed by atoms with van der Waals surface area (Å²) in [5.74, 6) is 0.592. The van der Waals surface area contributed by atoms with Crippen LogP contribution in [0.4, 0.5) is 0 Å². The minimum absolute atomic E-state index is 0.0495. The third-order valence-corrected chi connectivity index (χ3v) is 5.37. The monoisotopic (exact) mass is 362 g/mol. The van der Waals surface area contributed by atoms with Crippen LogP contribution < -0.4 is 0 Å². The molecule has 0 radical (unpaired) electrons. The molecule has 1 aliphatic heterocycles. The molecule has 1 amide bonds. The molecule has 2 aliphatic rings. The number of hydrogen-bond acceptors (Lipinski definition) is 3. The largest absolute Gasteiger partial charge is 0.379 e. The van der Waals surface area contributed by atoms with Gasteiger partial charge in [0.25, 0.3) is 5.91 Å². The number of allylic oxidation sites excluding steroid dienone is 2. The van der Waals surface area contributed by atoms with E-state index in [0.29, 0.717) is 16.5 Å². The lowest BCUT2D eigenvalue weighted by molar-refractivity contribution is 0.0315. The second kappa shape index (κ2) is 9.37. The van der Waals surface area contributed by atoms with Crippen LogP contribution in [-0.2, 0) is 4.74 Å². The second-order valence-corrected chi connectivity index (χ2v) is 7.24. The van der Waals surface area contributed by atoms with Gasteiger partial charge in [0.2, 0.25) is 0 Å². The van der Waals surface area contributed by atoms with Gasteiger partial charge in [-0.1, -0.05) is 35.9 Å². The number of carbonyl (C=O) groups excluding carboxylic acids is 1. The zero-order valence-electron chi connectivity index (χ0n) is 14.7. The summed E-state index contributed by atoms with van der Waals surface area (Å²) >= 11 is 6.27. The van der Waals surface area contributed by atoms with Crippen molar-refractivity contribution < 1.29 is 9.53 Å². The third kappa shape index (κ3) is 5.30. The molecule has 0 saturated carbocycles. The van der Waals surface area contributed by atoms with Gasteiger partial charge in [0.1, 0.15) is 0 Å². The lowest BCUT2D eigenvalue weighted by atomic mass is 9.93. The van der Waals surface area contributed by atoms with Gasteiger partial charge in [-0.3, -0.25) is 9.69 Å². The number of carbonyl (C=O) groups is 1. The molecule has 1 saturated heterocycles. The van der Waals surface area contributed by atoms with Crippen molar-refractivity contribution in [3.05, 3.63) is 47.0 Å². The molecule has 3 rings (SSSR count). The van der Waals surface area contributed by atoms with E-state index in [9.17, 15) is 4.79 Å². The van der Waals surface area contributed by atoms with Gasteiger partial charge in [0.15, 0.2) is 0 Å². The quantitative estimate of drug-likeness (QED) is 0.726. The van der Waals surface area contributed by atoms with Crippen molar-refractivity contribution in [2.75, 3.05) is 45.9 Å². The van der Waals surface area contributed by atoms with E-state index >= 15 is 0 Å². The van der Waals surface area contributed by atoms with Crippen molar-refractivity contribution in [2.24, 2.45) is 5.92 Å². The van der Waals surface area contributed by atoms with E-state index in [4.69, 9.17) is 16.3 Å². The molecule has 1 heterocycles. The molecule has 1 aromatic rings. The van der Waals surface area contributed by atoms with Gasteiger partial charge in [-0.05, 0) is 37.3 Å². The first-order valence-corrected chi connectivity index (χ1v) is 9.61. The summed E-state index contributed by atoms with van der Waals surface area (Å²) in [5.41, 5.74) is 0.609. The highest BCUT2D eigenvalue weighted by atomic mass is 35.5. The van der Waals surface area contributed by atoms with E-state index < -0.39 is 0 Å². The molecule has 0 aromatic heterocycles. The van der Waals surface area contributed by atoms with Crippen LogP contribution in [0.3, 0.4) is 0 Å². The molecule has 5 heteroatoms. The van der Waals surface area contributed by atoms with Crippen molar-refractivity contribution >= 4 is 17.5 Å². The highest BCUT2D eigenvalue weighted by Gasteiger charge is 2.23. The first-order chi connectivity index (χ1) is 12.2. The van der Waals surface area contributed by atoms with Gasteiger partial charge >= 0.3 is 0 Å². The van der Waals surface area contributed by atoms with Gasteiger partial charge in [-0.2, -0.15) is 0 Å². The molecule has 0 bridgehead atoms. The highest BCUT2D eigenvalue weighted by Crippen LogP contribution is 2.22. The fourth-order valence-corrected chi connectivity index (χ4v) is 3.72. The smallest absolute Gasteiger partial charge is 0.255 e. The SMILES string of the molecule is O=C(c1ccccc1Cl)N(CCN1CCOCC1)CC1CC=CCC1. The Hall–Kier alpha value is -1.36. The Kier molecular flexibility index (Phi) is 6.91. The molecular formula is C20H27ClN2O2. The van der Waals surface area contributed by atoms with E-state index in [1.807, 2.05) is 23.1 Å². The zero-order chi connectivity index (χ0) is 17.5. The molecule has 136 valence electrons. The summed E-state index contributed by atoms with van der Waals surface area (Å²) in [6.45, 7) is 5.89. The average molecular weight is 363 g/mol. The molecule has 1 fully saturated rings. The Bertz CT molecular complexity index is 599. The minimum atomic E-state index is 0.0495. The third-order valence-electron chi connectivity index (χ3n) is 5.04. The summed E-state index contributed by atoms with van der Waals surface area (Å²) in [6.07, 6.45) is 7.81. The topological polar surface area (TPSA) is 32.8 Å². The number of hydrogen-bond donors (Lipinski definition) is 0. The maximum atomic E-state index is 13.1. The Morgan fingerprint density at radius 3 is 2.76 bits per heavy atom. The van der Waals surface area contributed by atoms with Crippen molar-refractivity contribution in [3.63, 3.8) is 0 Å². The van der Waals surface area contributed by atoms with Crippen LogP contribution in [0.25, 0.3) is 0 Å². The van der Waals surface area contributed by atoms with E-state index in [1.165, 1.54) is 0 Å². The van der Waals surface area contributed by atoms with Crippen molar-refractivity contribution in [2.45, 2.75) is 19.3 Å². The molecule has 4 nitrogen and oxygen atoms in total. The van der Waals surface area contributed by atoms with Crippen LogP contribution >= 0.6 is 11.6 Å². The maximum Gasteiger partial charge on any atom is 0.255 e. The number of rotatable bonds is 6. The Labute approximate surface area is 155 Å². The van der Waals surface area contributed by atoms with E-state index in [0.717, 1.165) is 65.2 Å². The van der Waals surface area contributed by atoms with Gasteiger partial charge in [-0.25, -0.2) is 0 Å². The number of nitrogens with zero attached hydrogens (tertiary/aromatic N) is 2. The summed E-state index contributed by atoms with van der Waals surface area (Å²) < 4.78 is 5.41. The summed E-state index contributed by atoms with van der Waals surface area (Å²) in [5, 5.41) is 0.535. The van der Waals surface area contributed by atoms with E-state index in [-0.39, 0.29) is 5.91 Å². The summed E-state index contributed by atoms with van der Waals surface area (Å²) in [7, 11) is 0. The molecule has 0 spiro atoms. The number of morpholine rings is 1. The van der Waals surface area contributed by atoms with Crippen LogP contribution in [0.2, 0.25) is 5.02 Å². The van der Waals surface area contributed by atoms with Crippen LogP contribution in [0.5, 0.6) is 0 Å². The van der Waals surface area contributed by atoms with Crippen LogP contribution in [0, 0.1) is 5.92 Å². The summed E-state index contributed by atoms with van der Waals surface area (Å²) in [6, 6.07) is 7.36. The number of amides is 1. The van der Waals surface area contributed by atoms with Crippen LogP contribution in [-0.4, -0.2) is 61.6 Å². The second-order valence-electron chi connectivity index (χ2n) is 6.84. The standard InChI is InChI=1S/C20H27ClN2O2/c21-19-9-5-4-8-18(19)20(24)23(16-17-6-2-1-3-7-17)11-10-22-12-14-25-15-13-22/h1-2,4-5,8-9,17H,3,6-7,10-16H2. The van der Waals surface area contributed by atoms with Gasteiger partial charge < -0.3 is 9.64 Å². The predicted molar refractivity (Wildman–Crippen MR) is 101 cm³/mol. The fourth-order valence-electron chi connectivity index (χ4n) is 3.50. The first kappa shape index (κ1) is 18.4. The van der Waals surface area contributed by atoms with Gasteiger partial charge in [0.05, 0.1) is 23.8 Å².